The lowest BCUT2D eigenvalue weighted by Crippen LogP contribution is -2.35. The van der Waals surface area contributed by atoms with E-state index in [-0.39, 0.29) is 43.2 Å². The highest BCUT2D eigenvalue weighted by molar-refractivity contribution is 7.98. The molecular formula is C33H35ClN8O4S2. The predicted octanol–water partition coefficient (Wildman–Crippen LogP) is 4.89. The lowest BCUT2D eigenvalue weighted by molar-refractivity contribution is -0.144. The molecule has 250 valence electrons. The van der Waals surface area contributed by atoms with Gasteiger partial charge in [-0.25, -0.2) is 9.97 Å². The molecule has 12 nitrogen and oxygen atoms in total. The highest BCUT2D eigenvalue weighted by Crippen LogP contribution is 2.37. The van der Waals surface area contributed by atoms with Gasteiger partial charge in [0.05, 0.1) is 17.8 Å². The minimum atomic E-state index is -0.616. The smallest absolute Gasteiger partial charge is 0.325 e. The summed E-state index contributed by atoms with van der Waals surface area (Å²) >= 11 is 8.79. The molecule has 2 aromatic heterocycles. The number of hydrogen-bond donors (Lipinski definition) is 4. The van der Waals surface area contributed by atoms with Gasteiger partial charge in [-0.2, -0.15) is 10.5 Å². The number of nitrogen functional groups attached to an aromatic ring is 1. The zero-order valence-corrected chi connectivity index (χ0v) is 28.6. The summed E-state index contributed by atoms with van der Waals surface area (Å²) in [5.41, 5.74) is 19.5. The van der Waals surface area contributed by atoms with Gasteiger partial charge < -0.3 is 32.0 Å². The van der Waals surface area contributed by atoms with Crippen molar-refractivity contribution in [1.82, 2.24) is 15.3 Å². The number of ether oxygens (including phenoxy) is 2. The number of unbranched alkanes of at least 4 members (excludes halogenated alkanes) is 1. The van der Waals surface area contributed by atoms with E-state index < -0.39 is 11.9 Å². The average Bonchev–Trinajstić information content (AvgIpc) is 3.58. The molecule has 4 aromatic rings. The van der Waals surface area contributed by atoms with Crippen molar-refractivity contribution in [2.75, 3.05) is 38.6 Å². The molecule has 48 heavy (non-hydrogen) atoms. The van der Waals surface area contributed by atoms with Gasteiger partial charge in [-0.05, 0) is 42.8 Å². The molecule has 0 radical (unpaired) electrons. The second kappa shape index (κ2) is 19.8. The Balaban J connectivity index is 0.00000116. The van der Waals surface area contributed by atoms with Crippen LogP contribution >= 0.6 is 34.7 Å². The Morgan fingerprint density at radius 1 is 1.00 bits per heavy atom. The largest absolute Gasteiger partial charge is 0.490 e. The average molecular weight is 707 g/mol. The summed E-state index contributed by atoms with van der Waals surface area (Å²) < 4.78 is 10.6. The molecule has 0 saturated carbocycles. The second-order valence-corrected chi connectivity index (χ2v) is 12.1. The maximum Gasteiger partial charge on any atom is 0.325 e. The molecule has 1 amide bonds. The molecule has 0 aliphatic carbocycles. The highest BCUT2D eigenvalue weighted by atomic mass is 35.5. The molecule has 7 N–H and O–H groups in total. The molecule has 2 heterocycles. The zero-order valence-electron chi connectivity index (χ0n) is 26.2. The fourth-order valence-electron chi connectivity index (χ4n) is 3.96. The van der Waals surface area contributed by atoms with Gasteiger partial charge in [0.1, 0.15) is 59.1 Å². The number of nitrogens with two attached hydrogens (primary N) is 3. The molecule has 4 rings (SSSR count). The molecule has 0 saturated heterocycles. The molecular weight excluding hydrogens is 672 g/mol. The van der Waals surface area contributed by atoms with Crippen LogP contribution in [0, 0.1) is 22.7 Å². The minimum absolute atomic E-state index is 0.0175. The number of halogens is 1. The second-order valence-electron chi connectivity index (χ2n) is 9.81. The number of anilines is 1. The number of aromatic nitrogens is 2. The van der Waals surface area contributed by atoms with Gasteiger partial charge in [0.15, 0.2) is 0 Å². The number of nitriles is 2. The standard InChI is InChI=1S/C29H24ClN7O4S2.C4H11N/c30-19-5-1-18(2-6-19)28-36-20(15-42-28)16-43-29-23(12-32)26(22(11-31)27(34)37-29)17-3-7-21(8-4-17)40-9-10-41-25(39)14-35-24(38)13-33;1-2-3-4-5/h1-8,15H,9-10,13-14,16,33H2,(H2,34,37)(H,35,38);2-5H2,1H3. The van der Waals surface area contributed by atoms with Crippen molar-refractivity contribution in [2.45, 2.75) is 30.5 Å². The molecule has 0 spiro atoms. The van der Waals surface area contributed by atoms with Gasteiger partial charge in [-0.3, -0.25) is 9.59 Å². The van der Waals surface area contributed by atoms with E-state index >= 15 is 0 Å². The maximum absolute atomic E-state index is 11.6. The summed E-state index contributed by atoms with van der Waals surface area (Å²) in [6, 6.07) is 18.4. The Hall–Kier alpha value is -4.70. The molecule has 0 unspecified atom stereocenters. The van der Waals surface area contributed by atoms with Crippen molar-refractivity contribution < 1.29 is 19.1 Å². The Kier molecular flexibility index (Phi) is 15.6. The van der Waals surface area contributed by atoms with E-state index in [1.54, 1.807) is 24.3 Å². The number of thioether (sulfide) groups is 1. The summed E-state index contributed by atoms with van der Waals surface area (Å²) in [5.74, 6) is -0.145. The van der Waals surface area contributed by atoms with Crippen LogP contribution in [-0.4, -0.2) is 54.7 Å². The first-order valence-electron chi connectivity index (χ1n) is 14.8. The van der Waals surface area contributed by atoms with Crippen LogP contribution in [-0.2, 0) is 20.1 Å². The van der Waals surface area contributed by atoms with Crippen LogP contribution in [0.1, 0.15) is 36.6 Å². The predicted molar refractivity (Wildman–Crippen MR) is 188 cm³/mol. The van der Waals surface area contributed by atoms with Gasteiger partial charge in [0, 0.05) is 27.3 Å². The third kappa shape index (κ3) is 11.2. The van der Waals surface area contributed by atoms with E-state index in [9.17, 15) is 20.1 Å². The monoisotopic (exact) mass is 706 g/mol. The molecule has 0 aliphatic rings. The molecule has 0 atom stereocenters. The number of nitrogens with zero attached hydrogens (tertiary/aromatic N) is 4. The van der Waals surface area contributed by atoms with E-state index in [4.69, 9.17) is 38.3 Å². The Bertz CT molecular complexity index is 1750. The van der Waals surface area contributed by atoms with E-state index in [0.29, 0.717) is 32.7 Å². The number of thiazole rings is 1. The first kappa shape index (κ1) is 37.8. The maximum atomic E-state index is 11.6. The number of carbonyl (C=O) groups is 2. The quantitative estimate of drug-likeness (QED) is 0.0783. The van der Waals surface area contributed by atoms with Crippen molar-refractivity contribution in [1.29, 1.82) is 10.5 Å². The summed E-state index contributed by atoms with van der Waals surface area (Å²) in [4.78, 5) is 31.8. The van der Waals surface area contributed by atoms with Gasteiger partial charge >= 0.3 is 5.97 Å². The fourth-order valence-corrected chi connectivity index (χ4v) is 5.91. The van der Waals surface area contributed by atoms with E-state index in [0.717, 1.165) is 22.8 Å². The fraction of sp³-hybridized carbons (Fsp3) is 0.273. The van der Waals surface area contributed by atoms with Gasteiger partial charge in [-0.15, -0.1) is 11.3 Å². The van der Waals surface area contributed by atoms with Gasteiger partial charge in [0.2, 0.25) is 5.91 Å². The number of esters is 1. The van der Waals surface area contributed by atoms with Crippen molar-refractivity contribution in [3.8, 4) is 39.6 Å². The minimum Gasteiger partial charge on any atom is -0.490 e. The first-order chi connectivity index (χ1) is 23.2. The summed E-state index contributed by atoms with van der Waals surface area (Å²) in [6.45, 7) is 2.52. The van der Waals surface area contributed by atoms with Crippen LogP contribution in [0.25, 0.3) is 21.7 Å². The molecule has 0 bridgehead atoms. The van der Waals surface area contributed by atoms with Crippen LogP contribution < -0.4 is 27.3 Å². The normalized spacial score (nSPS) is 10.2. The lowest BCUT2D eigenvalue weighted by Gasteiger charge is -2.13. The number of amides is 1. The number of carbonyl (C=O) groups excluding carboxylic acids is 2. The number of benzene rings is 2. The molecule has 0 fully saturated rings. The van der Waals surface area contributed by atoms with E-state index in [1.807, 2.05) is 29.6 Å². The zero-order chi connectivity index (χ0) is 34.9. The Labute approximate surface area is 292 Å². The third-order valence-corrected chi connectivity index (χ3v) is 8.55. The van der Waals surface area contributed by atoms with Crippen LogP contribution in [0.4, 0.5) is 5.82 Å². The SMILES string of the molecule is CCCCN.N#Cc1c(N)nc(SCc2csc(-c3ccc(Cl)cc3)n2)c(C#N)c1-c1ccc(OCCOC(=O)CNC(=O)CN)cc1. The van der Waals surface area contributed by atoms with Crippen LogP contribution in [0.5, 0.6) is 5.75 Å². The lowest BCUT2D eigenvalue weighted by atomic mass is 9.97. The van der Waals surface area contributed by atoms with Gasteiger partial charge in [0.25, 0.3) is 0 Å². The van der Waals surface area contributed by atoms with Crippen molar-refractivity contribution in [3.05, 3.63) is 75.8 Å². The number of hydrogen-bond acceptors (Lipinski definition) is 13. The molecule has 15 heteroatoms. The Morgan fingerprint density at radius 3 is 2.29 bits per heavy atom. The summed E-state index contributed by atoms with van der Waals surface area (Å²) in [6.07, 6.45) is 2.39. The van der Waals surface area contributed by atoms with Crippen molar-refractivity contribution in [3.63, 3.8) is 0 Å². The number of nitrogens with one attached hydrogen (secondary N) is 1. The van der Waals surface area contributed by atoms with Crippen LogP contribution in [0.15, 0.2) is 58.9 Å². The number of pyridine rings is 1. The molecule has 2 aromatic carbocycles. The highest BCUT2D eigenvalue weighted by Gasteiger charge is 2.21. The van der Waals surface area contributed by atoms with Crippen LogP contribution in [0.2, 0.25) is 5.02 Å². The van der Waals surface area contributed by atoms with E-state index in [1.165, 1.54) is 35.9 Å². The van der Waals surface area contributed by atoms with E-state index in [2.05, 4.69) is 34.3 Å². The van der Waals surface area contributed by atoms with Crippen molar-refractivity contribution in [2.24, 2.45) is 11.5 Å². The third-order valence-electron chi connectivity index (χ3n) is 6.35. The Morgan fingerprint density at radius 2 is 1.69 bits per heavy atom. The topological polar surface area (TPSA) is 216 Å². The molecule has 0 aliphatic heterocycles. The van der Waals surface area contributed by atoms with Gasteiger partial charge in [-0.1, -0.05) is 61.0 Å². The number of rotatable bonds is 14. The summed E-state index contributed by atoms with van der Waals surface area (Å²) in [7, 11) is 0. The summed E-state index contributed by atoms with van der Waals surface area (Å²) in [5, 5.41) is 26.1. The van der Waals surface area contributed by atoms with Crippen LogP contribution in [0.3, 0.4) is 0 Å². The first-order valence-corrected chi connectivity index (χ1v) is 17.0. The van der Waals surface area contributed by atoms with Crippen molar-refractivity contribution >= 4 is 52.4 Å².